The van der Waals surface area contributed by atoms with Gasteiger partial charge in [-0.1, -0.05) is 19.9 Å². The second-order valence-corrected chi connectivity index (χ2v) is 6.24. The molecular formula is C12H15ClINO2. The van der Waals surface area contributed by atoms with E-state index in [4.69, 9.17) is 11.6 Å². The van der Waals surface area contributed by atoms with E-state index in [2.05, 4.69) is 36.4 Å². The average Bonchev–Trinajstić information content (AvgIpc) is 2.19. The third-order valence-electron chi connectivity index (χ3n) is 2.42. The number of hydrogen-bond donors (Lipinski definition) is 0. The fourth-order valence-electron chi connectivity index (χ4n) is 1.65. The number of nitro benzene ring substituents is 1. The quantitative estimate of drug-likeness (QED) is 0.335. The zero-order chi connectivity index (χ0) is 13.0. The summed E-state index contributed by atoms with van der Waals surface area (Å²) in [5, 5.41) is 10.7. The lowest BCUT2D eigenvalue weighted by Crippen LogP contribution is -2.08. The second kappa shape index (κ2) is 6.54. The van der Waals surface area contributed by atoms with Crippen molar-refractivity contribution in [1.82, 2.24) is 0 Å². The molecular weight excluding hydrogens is 352 g/mol. The van der Waals surface area contributed by atoms with Crippen molar-refractivity contribution < 1.29 is 4.92 Å². The van der Waals surface area contributed by atoms with E-state index in [1.54, 1.807) is 12.1 Å². The van der Waals surface area contributed by atoms with E-state index in [0.29, 0.717) is 5.92 Å². The van der Waals surface area contributed by atoms with Gasteiger partial charge in [-0.25, -0.2) is 0 Å². The lowest BCUT2D eigenvalue weighted by molar-refractivity contribution is -0.385. The molecule has 5 heteroatoms. The highest BCUT2D eigenvalue weighted by Crippen LogP contribution is 2.23. The molecule has 0 aliphatic carbocycles. The van der Waals surface area contributed by atoms with Crippen molar-refractivity contribution in [2.45, 2.75) is 32.1 Å². The molecule has 0 aliphatic rings. The lowest BCUT2D eigenvalue weighted by atomic mass is 10.0. The molecule has 1 atom stereocenters. The van der Waals surface area contributed by atoms with Gasteiger partial charge in [-0.3, -0.25) is 10.1 Å². The van der Waals surface area contributed by atoms with Crippen LogP contribution in [0.15, 0.2) is 18.2 Å². The molecule has 1 aromatic carbocycles. The SMILES string of the molecule is CC(C)CC(Cl)Cc1ccc([N+](=O)[O-])cc1I. The molecule has 0 spiro atoms. The van der Waals surface area contributed by atoms with Crippen LogP contribution < -0.4 is 0 Å². The number of nitro groups is 1. The third kappa shape index (κ3) is 4.79. The maximum Gasteiger partial charge on any atom is 0.270 e. The summed E-state index contributed by atoms with van der Waals surface area (Å²) >= 11 is 8.37. The van der Waals surface area contributed by atoms with E-state index in [1.807, 2.05) is 0 Å². The van der Waals surface area contributed by atoms with Crippen molar-refractivity contribution in [3.05, 3.63) is 37.4 Å². The van der Waals surface area contributed by atoms with Crippen LogP contribution in [0.5, 0.6) is 0 Å². The Bertz CT molecular complexity index is 409. The van der Waals surface area contributed by atoms with Gasteiger partial charge in [-0.2, -0.15) is 0 Å². The van der Waals surface area contributed by atoms with Crippen molar-refractivity contribution in [2.75, 3.05) is 0 Å². The van der Waals surface area contributed by atoms with Crippen molar-refractivity contribution in [3.8, 4) is 0 Å². The minimum atomic E-state index is -0.377. The highest BCUT2D eigenvalue weighted by Gasteiger charge is 2.13. The molecule has 3 nitrogen and oxygen atoms in total. The van der Waals surface area contributed by atoms with Crippen molar-refractivity contribution in [2.24, 2.45) is 5.92 Å². The van der Waals surface area contributed by atoms with Gasteiger partial charge in [0.2, 0.25) is 0 Å². The Labute approximate surface area is 120 Å². The van der Waals surface area contributed by atoms with E-state index in [1.165, 1.54) is 6.07 Å². The maximum absolute atomic E-state index is 10.6. The first kappa shape index (κ1) is 14.7. The highest BCUT2D eigenvalue weighted by molar-refractivity contribution is 14.1. The van der Waals surface area contributed by atoms with Crippen LogP contribution in [0.3, 0.4) is 0 Å². The Morgan fingerprint density at radius 2 is 2.12 bits per heavy atom. The number of halogens is 2. The topological polar surface area (TPSA) is 43.1 Å². The maximum atomic E-state index is 10.6. The number of rotatable bonds is 5. The van der Waals surface area contributed by atoms with Crippen LogP contribution in [-0.4, -0.2) is 10.3 Å². The fourth-order valence-corrected chi connectivity index (χ4v) is 2.89. The fraction of sp³-hybridized carbons (Fsp3) is 0.500. The van der Waals surface area contributed by atoms with Gasteiger partial charge in [0.1, 0.15) is 0 Å². The Hall–Kier alpha value is -0.360. The first-order chi connectivity index (χ1) is 7.90. The van der Waals surface area contributed by atoms with Crippen LogP contribution >= 0.6 is 34.2 Å². The summed E-state index contributed by atoms with van der Waals surface area (Å²) < 4.78 is 0.909. The molecule has 0 saturated heterocycles. The molecule has 0 amide bonds. The Kier molecular flexibility index (Phi) is 5.66. The number of non-ortho nitro benzene ring substituents is 1. The van der Waals surface area contributed by atoms with E-state index in [-0.39, 0.29) is 16.0 Å². The molecule has 94 valence electrons. The highest BCUT2D eigenvalue weighted by atomic mass is 127. The summed E-state index contributed by atoms with van der Waals surface area (Å²) in [7, 11) is 0. The zero-order valence-corrected chi connectivity index (χ0v) is 12.7. The standard InChI is InChI=1S/C12H15ClINO2/c1-8(2)5-10(13)6-9-3-4-11(15(16)17)7-12(9)14/h3-4,7-8,10H,5-6H2,1-2H3. The molecule has 0 N–H and O–H groups in total. The summed E-state index contributed by atoms with van der Waals surface area (Å²) in [6, 6.07) is 4.93. The molecule has 0 heterocycles. The third-order valence-corrected chi connectivity index (χ3v) is 3.75. The number of benzene rings is 1. The van der Waals surface area contributed by atoms with Crippen LogP contribution in [0, 0.1) is 19.6 Å². The predicted octanol–water partition coefficient (Wildman–Crippen LogP) is 4.40. The van der Waals surface area contributed by atoms with Crippen LogP contribution in [0.1, 0.15) is 25.8 Å². The Morgan fingerprint density at radius 1 is 1.47 bits per heavy atom. The van der Waals surface area contributed by atoms with Gasteiger partial charge in [-0.05, 0) is 46.9 Å². The van der Waals surface area contributed by atoms with E-state index in [0.717, 1.165) is 22.0 Å². The van der Waals surface area contributed by atoms with Gasteiger partial charge in [0.25, 0.3) is 5.69 Å². The molecule has 1 rings (SSSR count). The summed E-state index contributed by atoms with van der Waals surface area (Å²) in [5.41, 5.74) is 1.21. The van der Waals surface area contributed by atoms with Crippen molar-refractivity contribution in [1.29, 1.82) is 0 Å². The lowest BCUT2D eigenvalue weighted by Gasteiger charge is -2.12. The number of nitrogens with zero attached hydrogens (tertiary/aromatic N) is 1. The van der Waals surface area contributed by atoms with Gasteiger partial charge in [0.05, 0.1) is 4.92 Å². The minimum absolute atomic E-state index is 0.0879. The summed E-state index contributed by atoms with van der Waals surface area (Å²) in [6.45, 7) is 4.27. The monoisotopic (exact) mass is 367 g/mol. The summed E-state index contributed by atoms with van der Waals surface area (Å²) in [6.07, 6.45) is 1.71. The van der Waals surface area contributed by atoms with E-state index >= 15 is 0 Å². The molecule has 1 unspecified atom stereocenters. The minimum Gasteiger partial charge on any atom is -0.258 e. The molecule has 0 fully saturated rings. The molecule has 0 bridgehead atoms. The van der Waals surface area contributed by atoms with Crippen molar-refractivity contribution >= 4 is 39.9 Å². The molecule has 1 aromatic rings. The Balaban J connectivity index is 2.75. The van der Waals surface area contributed by atoms with Crippen LogP contribution in [0.4, 0.5) is 5.69 Å². The van der Waals surface area contributed by atoms with Gasteiger partial charge in [0, 0.05) is 21.1 Å². The molecule has 0 aromatic heterocycles. The number of hydrogen-bond acceptors (Lipinski definition) is 2. The molecule has 0 aliphatic heterocycles. The average molecular weight is 368 g/mol. The molecule has 0 saturated carbocycles. The van der Waals surface area contributed by atoms with Crippen molar-refractivity contribution in [3.63, 3.8) is 0 Å². The van der Waals surface area contributed by atoms with Gasteiger partial charge in [0.15, 0.2) is 0 Å². The normalized spacial score (nSPS) is 12.8. The summed E-state index contributed by atoms with van der Waals surface area (Å²) in [5.74, 6) is 0.563. The van der Waals surface area contributed by atoms with Gasteiger partial charge < -0.3 is 0 Å². The number of alkyl halides is 1. The first-order valence-corrected chi connectivity index (χ1v) is 6.98. The second-order valence-electron chi connectivity index (χ2n) is 4.46. The van der Waals surface area contributed by atoms with Crippen LogP contribution in [0.25, 0.3) is 0 Å². The largest absolute Gasteiger partial charge is 0.270 e. The molecule has 17 heavy (non-hydrogen) atoms. The Morgan fingerprint density at radius 3 is 2.59 bits per heavy atom. The van der Waals surface area contributed by atoms with E-state index < -0.39 is 0 Å². The molecule has 0 radical (unpaired) electrons. The zero-order valence-electron chi connectivity index (χ0n) is 9.82. The first-order valence-electron chi connectivity index (χ1n) is 5.47. The van der Waals surface area contributed by atoms with Gasteiger partial charge >= 0.3 is 0 Å². The smallest absolute Gasteiger partial charge is 0.258 e. The predicted molar refractivity (Wildman–Crippen MR) is 78.6 cm³/mol. The van der Waals surface area contributed by atoms with Crippen LogP contribution in [0.2, 0.25) is 0 Å². The van der Waals surface area contributed by atoms with Crippen LogP contribution in [-0.2, 0) is 6.42 Å². The van der Waals surface area contributed by atoms with E-state index in [9.17, 15) is 10.1 Å². The summed E-state index contributed by atoms with van der Waals surface area (Å²) in [4.78, 5) is 10.2. The van der Waals surface area contributed by atoms with Gasteiger partial charge in [-0.15, -0.1) is 11.6 Å².